The molecule has 0 bridgehead atoms. The zero-order chi connectivity index (χ0) is 14.1. The van der Waals surface area contributed by atoms with E-state index in [1.807, 2.05) is 24.3 Å². The number of nitrogens with zero attached hydrogens (tertiary/aromatic N) is 1. The molecule has 0 aliphatic heterocycles. The van der Waals surface area contributed by atoms with Crippen molar-refractivity contribution in [3.05, 3.63) is 70.9 Å². The van der Waals surface area contributed by atoms with Crippen LogP contribution in [0.2, 0.25) is 5.02 Å². The van der Waals surface area contributed by atoms with Crippen molar-refractivity contribution in [2.24, 2.45) is 0 Å². The largest absolute Gasteiger partial charge is 0.399 e. The van der Waals surface area contributed by atoms with Gasteiger partial charge in [0.2, 0.25) is 0 Å². The number of rotatable bonds is 2. The van der Waals surface area contributed by atoms with Crippen molar-refractivity contribution >= 4 is 34.0 Å². The lowest BCUT2D eigenvalue weighted by atomic mass is 9.99. The number of nitrogen functional groups attached to an aromatic ring is 1. The van der Waals surface area contributed by atoms with Gasteiger partial charge in [-0.25, -0.2) is 0 Å². The minimum Gasteiger partial charge on any atom is -0.399 e. The molecule has 3 rings (SSSR count). The minimum absolute atomic E-state index is 0.113. The molecule has 0 aliphatic carbocycles. The Kier molecular flexibility index (Phi) is 3.12. The second-order valence-electron chi connectivity index (χ2n) is 4.48. The third-order valence-corrected chi connectivity index (χ3v) is 3.29. The van der Waals surface area contributed by atoms with Crippen molar-refractivity contribution < 1.29 is 4.79 Å². The summed E-state index contributed by atoms with van der Waals surface area (Å²) in [5.74, 6) is -0.113. The van der Waals surface area contributed by atoms with Crippen molar-refractivity contribution in [2.45, 2.75) is 0 Å². The van der Waals surface area contributed by atoms with Gasteiger partial charge in [-0.2, -0.15) is 0 Å². The molecule has 0 atom stereocenters. The SMILES string of the molecule is Nc1cc(Cl)cc(C(=O)c2cccc3ncccc23)c1. The fraction of sp³-hybridized carbons (Fsp3) is 0. The quantitative estimate of drug-likeness (QED) is 0.576. The highest BCUT2D eigenvalue weighted by Gasteiger charge is 2.13. The molecule has 4 heteroatoms. The number of fused-ring (bicyclic) bond motifs is 1. The smallest absolute Gasteiger partial charge is 0.193 e. The van der Waals surface area contributed by atoms with Gasteiger partial charge in [0.25, 0.3) is 0 Å². The summed E-state index contributed by atoms with van der Waals surface area (Å²) in [4.78, 5) is 16.9. The van der Waals surface area contributed by atoms with E-state index < -0.39 is 0 Å². The van der Waals surface area contributed by atoms with E-state index in [4.69, 9.17) is 17.3 Å². The predicted octanol–water partition coefficient (Wildman–Crippen LogP) is 3.70. The Morgan fingerprint density at radius 2 is 1.95 bits per heavy atom. The number of carbonyl (C=O) groups is 1. The number of ketones is 1. The normalized spacial score (nSPS) is 10.7. The van der Waals surface area contributed by atoms with Gasteiger partial charge >= 0.3 is 0 Å². The lowest BCUT2D eigenvalue weighted by Crippen LogP contribution is -2.03. The lowest BCUT2D eigenvalue weighted by molar-refractivity contribution is 0.104. The summed E-state index contributed by atoms with van der Waals surface area (Å²) in [5, 5.41) is 1.27. The van der Waals surface area contributed by atoms with E-state index in [9.17, 15) is 4.79 Å². The van der Waals surface area contributed by atoms with Crippen LogP contribution >= 0.6 is 11.6 Å². The molecule has 0 saturated carbocycles. The molecule has 20 heavy (non-hydrogen) atoms. The molecule has 1 aromatic heterocycles. The first-order chi connectivity index (χ1) is 9.65. The number of nitrogens with two attached hydrogens (primary N) is 1. The van der Waals surface area contributed by atoms with E-state index in [1.54, 1.807) is 30.5 Å². The molecule has 1 heterocycles. The number of halogens is 1. The number of hydrogen-bond donors (Lipinski definition) is 1. The van der Waals surface area contributed by atoms with Crippen molar-refractivity contribution in [3.8, 4) is 0 Å². The topological polar surface area (TPSA) is 56.0 Å². The van der Waals surface area contributed by atoms with Crippen molar-refractivity contribution in [1.82, 2.24) is 4.98 Å². The zero-order valence-electron chi connectivity index (χ0n) is 10.5. The van der Waals surface area contributed by atoms with Crippen LogP contribution in [0.4, 0.5) is 5.69 Å². The van der Waals surface area contributed by atoms with Gasteiger partial charge in [0.05, 0.1) is 5.52 Å². The van der Waals surface area contributed by atoms with Gasteiger partial charge < -0.3 is 5.73 Å². The Bertz CT molecular complexity index is 789. The summed E-state index contributed by atoms with van der Waals surface area (Å²) >= 11 is 5.96. The monoisotopic (exact) mass is 282 g/mol. The number of hydrogen-bond acceptors (Lipinski definition) is 3. The van der Waals surface area contributed by atoms with Crippen LogP contribution in [0, 0.1) is 0 Å². The highest BCUT2D eigenvalue weighted by atomic mass is 35.5. The first-order valence-corrected chi connectivity index (χ1v) is 6.47. The first-order valence-electron chi connectivity index (χ1n) is 6.09. The van der Waals surface area contributed by atoms with Crippen molar-refractivity contribution in [2.75, 3.05) is 5.73 Å². The van der Waals surface area contributed by atoms with Crippen LogP contribution in [-0.2, 0) is 0 Å². The summed E-state index contributed by atoms with van der Waals surface area (Å²) in [6.45, 7) is 0. The van der Waals surface area contributed by atoms with Gasteiger partial charge in [-0.3, -0.25) is 9.78 Å². The van der Waals surface area contributed by atoms with E-state index in [1.165, 1.54) is 0 Å². The molecular formula is C16H11ClN2O. The highest BCUT2D eigenvalue weighted by Crippen LogP contribution is 2.23. The number of aromatic nitrogens is 1. The summed E-state index contributed by atoms with van der Waals surface area (Å²) in [6, 6.07) is 14.0. The molecule has 0 saturated heterocycles. The maximum absolute atomic E-state index is 12.6. The van der Waals surface area contributed by atoms with Gasteiger partial charge in [-0.05, 0) is 30.3 Å². The molecular weight excluding hydrogens is 272 g/mol. The first kappa shape index (κ1) is 12.6. The zero-order valence-corrected chi connectivity index (χ0v) is 11.3. The van der Waals surface area contributed by atoms with Gasteiger partial charge in [-0.1, -0.05) is 29.8 Å². The van der Waals surface area contributed by atoms with E-state index >= 15 is 0 Å². The van der Waals surface area contributed by atoms with Gasteiger partial charge in [0.15, 0.2) is 5.78 Å². The third-order valence-electron chi connectivity index (χ3n) is 3.07. The second kappa shape index (κ2) is 4.94. The standard InChI is InChI=1S/C16H11ClN2O/c17-11-7-10(8-12(18)9-11)16(20)14-3-1-5-15-13(14)4-2-6-19-15/h1-9H,18H2. The third kappa shape index (κ3) is 2.24. The number of carbonyl (C=O) groups excluding carboxylic acids is 1. The maximum Gasteiger partial charge on any atom is 0.193 e. The average molecular weight is 283 g/mol. The molecule has 0 radical (unpaired) electrons. The molecule has 3 aromatic rings. The molecule has 0 unspecified atom stereocenters. The number of benzene rings is 2. The van der Waals surface area contributed by atoms with Crippen LogP contribution in [0.15, 0.2) is 54.7 Å². The van der Waals surface area contributed by atoms with E-state index in [0.717, 1.165) is 10.9 Å². The lowest BCUT2D eigenvalue weighted by Gasteiger charge is -2.06. The fourth-order valence-electron chi connectivity index (χ4n) is 2.20. The second-order valence-corrected chi connectivity index (χ2v) is 4.91. The van der Waals surface area contributed by atoms with Crippen LogP contribution in [0.25, 0.3) is 10.9 Å². The molecule has 2 N–H and O–H groups in total. The van der Waals surface area contributed by atoms with E-state index in [-0.39, 0.29) is 5.78 Å². The van der Waals surface area contributed by atoms with Crippen LogP contribution in [0.5, 0.6) is 0 Å². The van der Waals surface area contributed by atoms with Crippen LogP contribution in [-0.4, -0.2) is 10.8 Å². The molecule has 0 aliphatic rings. The average Bonchev–Trinajstić information content (AvgIpc) is 2.45. The molecule has 3 nitrogen and oxygen atoms in total. The Morgan fingerprint density at radius 3 is 2.75 bits per heavy atom. The molecule has 0 amide bonds. The molecule has 0 spiro atoms. The molecule has 0 fully saturated rings. The Balaban J connectivity index is 2.17. The summed E-state index contributed by atoms with van der Waals surface area (Å²) < 4.78 is 0. The van der Waals surface area contributed by atoms with Crippen molar-refractivity contribution in [3.63, 3.8) is 0 Å². The van der Waals surface area contributed by atoms with E-state index in [0.29, 0.717) is 21.8 Å². The summed E-state index contributed by atoms with van der Waals surface area (Å²) in [6.07, 6.45) is 1.70. The van der Waals surface area contributed by atoms with Gasteiger partial charge in [0, 0.05) is 33.4 Å². The van der Waals surface area contributed by atoms with Crippen LogP contribution < -0.4 is 5.73 Å². The Hall–Kier alpha value is -2.39. The maximum atomic E-state index is 12.6. The number of anilines is 1. The number of pyridine rings is 1. The molecule has 2 aromatic carbocycles. The van der Waals surface area contributed by atoms with Gasteiger partial charge in [-0.15, -0.1) is 0 Å². The van der Waals surface area contributed by atoms with Crippen LogP contribution in [0.3, 0.4) is 0 Å². The van der Waals surface area contributed by atoms with Gasteiger partial charge in [0.1, 0.15) is 0 Å². The van der Waals surface area contributed by atoms with E-state index in [2.05, 4.69) is 4.98 Å². The van der Waals surface area contributed by atoms with Crippen molar-refractivity contribution in [1.29, 1.82) is 0 Å². The Labute approximate surface area is 121 Å². The highest BCUT2D eigenvalue weighted by molar-refractivity contribution is 6.31. The minimum atomic E-state index is -0.113. The predicted molar refractivity (Wildman–Crippen MR) is 81.0 cm³/mol. The fourth-order valence-corrected chi connectivity index (χ4v) is 2.44. The Morgan fingerprint density at radius 1 is 1.10 bits per heavy atom. The molecule has 98 valence electrons. The summed E-state index contributed by atoms with van der Waals surface area (Å²) in [7, 11) is 0. The van der Waals surface area contributed by atoms with Crippen LogP contribution in [0.1, 0.15) is 15.9 Å². The summed E-state index contributed by atoms with van der Waals surface area (Å²) in [5.41, 5.74) is 8.07.